The minimum Gasteiger partial charge on any atom is -0.508 e. The Morgan fingerprint density at radius 3 is 2.30 bits per heavy atom. The Kier molecular flexibility index (Phi) is 3.42. The van der Waals surface area contributed by atoms with Crippen LogP contribution in [-0.2, 0) is 0 Å². The van der Waals surface area contributed by atoms with Crippen LogP contribution in [0.4, 0.5) is 0 Å². The van der Waals surface area contributed by atoms with E-state index in [2.05, 4.69) is 0 Å². The molecule has 0 radical (unpaired) electrons. The number of phenols is 1. The zero-order valence-corrected chi connectivity index (χ0v) is 11.2. The molecule has 0 bridgehead atoms. The number of phenolic OH excluding ortho intramolecular Hbond substituents is 1. The number of aromatic hydroxyl groups is 1. The molecule has 0 saturated carbocycles. The number of rotatable bonds is 2. The summed E-state index contributed by atoms with van der Waals surface area (Å²) in [5, 5.41) is 9.55. The van der Waals surface area contributed by atoms with Gasteiger partial charge in [0, 0.05) is 18.7 Å². The molecule has 0 spiro atoms. The van der Waals surface area contributed by atoms with Gasteiger partial charge in [0.05, 0.1) is 0 Å². The molecule has 3 rings (SSSR count). The van der Waals surface area contributed by atoms with E-state index in [0.717, 1.165) is 37.1 Å². The molecule has 1 N–H and O–H groups in total. The van der Waals surface area contributed by atoms with E-state index in [1.165, 1.54) is 0 Å². The first-order valence-electron chi connectivity index (χ1n) is 6.93. The van der Waals surface area contributed by atoms with Crippen molar-refractivity contribution in [3.05, 3.63) is 54.1 Å². The van der Waals surface area contributed by atoms with Crippen LogP contribution in [0, 0.1) is 0 Å². The lowest BCUT2D eigenvalue weighted by molar-refractivity contribution is 0.0793. The number of amides is 1. The third-order valence-corrected chi connectivity index (χ3v) is 3.68. The van der Waals surface area contributed by atoms with Crippen LogP contribution in [0.5, 0.6) is 5.75 Å². The molecule has 1 saturated heterocycles. The van der Waals surface area contributed by atoms with E-state index < -0.39 is 0 Å². The number of benzene rings is 2. The first-order chi connectivity index (χ1) is 9.74. The summed E-state index contributed by atoms with van der Waals surface area (Å²) in [5.41, 5.74) is 2.58. The van der Waals surface area contributed by atoms with Gasteiger partial charge in [-0.2, -0.15) is 0 Å². The Labute approximate surface area is 118 Å². The van der Waals surface area contributed by atoms with Gasteiger partial charge >= 0.3 is 0 Å². The minimum absolute atomic E-state index is 0.101. The molecule has 20 heavy (non-hydrogen) atoms. The lowest BCUT2D eigenvalue weighted by Crippen LogP contribution is -2.27. The summed E-state index contributed by atoms with van der Waals surface area (Å²) in [6.07, 6.45) is 2.19. The fraction of sp³-hybridized carbons (Fsp3) is 0.235. The van der Waals surface area contributed by atoms with Crippen molar-refractivity contribution in [2.45, 2.75) is 12.8 Å². The van der Waals surface area contributed by atoms with Crippen LogP contribution in [0.25, 0.3) is 11.1 Å². The van der Waals surface area contributed by atoms with Crippen molar-refractivity contribution in [3.8, 4) is 16.9 Å². The van der Waals surface area contributed by atoms with E-state index in [1.807, 2.05) is 35.2 Å². The van der Waals surface area contributed by atoms with Crippen LogP contribution in [0.15, 0.2) is 48.5 Å². The number of hydrogen-bond acceptors (Lipinski definition) is 2. The van der Waals surface area contributed by atoms with Crippen molar-refractivity contribution >= 4 is 5.91 Å². The van der Waals surface area contributed by atoms with Crippen molar-refractivity contribution in [2.24, 2.45) is 0 Å². The molecule has 3 nitrogen and oxygen atoms in total. The highest BCUT2D eigenvalue weighted by Crippen LogP contribution is 2.24. The zero-order valence-electron chi connectivity index (χ0n) is 11.2. The summed E-state index contributed by atoms with van der Waals surface area (Å²) < 4.78 is 0. The normalized spacial score (nSPS) is 14.5. The van der Waals surface area contributed by atoms with E-state index in [0.29, 0.717) is 5.56 Å². The number of hydrogen-bond donors (Lipinski definition) is 1. The van der Waals surface area contributed by atoms with Gasteiger partial charge in [-0.05, 0) is 48.2 Å². The predicted molar refractivity (Wildman–Crippen MR) is 78.7 cm³/mol. The second-order valence-electron chi connectivity index (χ2n) is 5.13. The van der Waals surface area contributed by atoms with E-state index in [-0.39, 0.29) is 11.7 Å². The van der Waals surface area contributed by atoms with Gasteiger partial charge in [-0.3, -0.25) is 4.79 Å². The molecule has 1 aliphatic rings. The molecule has 1 aliphatic heterocycles. The van der Waals surface area contributed by atoms with Crippen molar-refractivity contribution in [2.75, 3.05) is 13.1 Å². The third-order valence-electron chi connectivity index (χ3n) is 3.68. The first kappa shape index (κ1) is 12.7. The Bertz CT molecular complexity index is 630. The highest BCUT2D eigenvalue weighted by Gasteiger charge is 2.19. The number of nitrogens with zero attached hydrogens (tertiary/aromatic N) is 1. The number of carbonyl (C=O) groups is 1. The van der Waals surface area contributed by atoms with Gasteiger partial charge < -0.3 is 10.0 Å². The molecule has 3 heteroatoms. The summed E-state index contributed by atoms with van der Waals surface area (Å²) in [6, 6.07) is 14.7. The zero-order chi connectivity index (χ0) is 13.9. The van der Waals surface area contributed by atoms with Gasteiger partial charge in [-0.1, -0.05) is 24.3 Å². The fourth-order valence-electron chi connectivity index (χ4n) is 2.62. The molecule has 1 heterocycles. The van der Waals surface area contributed by atoms with Crippen molar-refractivity contribution in [1.82, 2.24) is 4.90 Å². The second-order valence-corrected chi connectivity index (χ2v) is 5.13. The predicted octanol–water partition coefficient (Wildman–Crippen LogP) is 3.30. The van der Waals surface area contributed by atoms with Crippen molar-refractivity contribution < 1.29 is 9.90 Å². The molecule has 102 valence electrons. The minimum atomic E-state index is 0.101. The van der Waals surface area contributed by atoms with Crippen LogP contribution in [0.2, 0.25) is 0 Å². The molecule has 1 fully saturated rings. The highest BCUT2D eigenvalue weighted by atomic mass is 16.3. The van der Waals surface area contributed by atoms with Crippen molar-refractivity contribution in [3.63, 3.8) is 0 Å². The lowest BCUT2D eigenvalue weighted by atomic mass is 10.0. The smallest absolute Gasteiger partial charge is 0.253 e. The summed E-state index contributed by atoms with van der Waals surface area (Å²) in [7, 11) is 0. The Morgan fingerprint density at radius 2 is 1.60 bits per heavy atom. The average Bonchev–Trinajstić information content (AvgIpc) is 3.01. The van der Waals surface area contributed by atoms with Gasteiger partial charge in [0.1, 0.15) is 5.75 Å². The van der Waals surface area contributed by atoms with Gasteiger partial charge in [-0.25, -0.2) is 0 Å². The number of likely N-dealkylation sites (tertiary alicyclic amines) is 1. The van der Waals surface area contributed by atoms with Crippen LogP contribution in [0.3, 0.4) is 0 Å². The lowest BCUT2D eigenvalue weighted by Gasteiger charge is -2.15. The van der Waals surface area contributed by atoms with Gasteiger partial charge in [0.25, 0.3) is 5.91 Å². The Morgan fingerprint density at radius 1 is 0.950 bits per heavy atom. The SMILES string of the molecule is O=C(c1cccc(-c2cccc(O)c2)c1)N1CCCC1. The largest absolute Gasteiger partial charge is 0.508 e. The Balaban J connectivity index is 1.91. The van der Waals surface area contributed by atoms with Crippen LogP contribution < -0.4 is 0 Å². The molecule has 2 aromatic rings. The van der Waals surface area contributed by atoms with Crippen LogP contribution in [-0.4, -0.2) is 29.0 Å². The third kappa shape index (κ3) is 2.52. The monoisotopic (exact) mass is 267 g/mol. The summed E-state index contributed by atoms with van der Waals surface area (Å²) in [5.74, 6) is 0.336. The van der Waals surface area contributed by atoms with E-state index in [4.69, 9.17) is 0 Å². The topological polar surface area (TPSA) is 40.5 Å². The first-order valence-corrected chi connectivity index (χ1v) is 6.93. The maximum absolute atomic E-state index is 12.4. The molecule has 0 aromatic heterocycles. The van der Waals surface area contributed by atoms with Gasteiger partial charge in [0.2, 0.25) is 0 Å². The summed E-state index contributed by atoms with van der Waals surface area (Å²) in [4.78, 5) is 14.3. The van der Waals surface area contributed by atoms with Gasteiger partial charge in [-0.15, -0.1) is 0 Å². The maximum atomic E-state index is 12.4. The van der Waals surface area contributed by atoms with Crippen molar-refractivity contribution in [1.29, 1.82) is 0 Å². The highest BCUT2D eigenvalue weighted by molar-refractivity contribution is 5.95. The molecular formula is C17H17NO2. The standard InChI is InChI=1S/C17H17NO2/c19-16-8-4-6-14(12-16)13-5-3-7-15(11-13)17(20)18-9-1-2-10-18/h3-8,11-12,19H,1-2,9-10H2. The van der Waals surface area contributed by atoms with E-state index in [9.17, 15) is 9.90 Å². The fourth-order valence-corrected chi connectivity index (χ4v) is 2.62. The quantitative estimate of drug-likeness (QED) is 0.907. The molecule has 0 aliphatic carbocycles. The molecule has 2 aromatic carbocycles. The van der Waals surface area contributed by atoms with E-state index >= 15 is 0 Å². The van der Waals surface area contributed by atoms with Gasteiger partial charge in [0.15, 0.2) is 0 Å². The average molecular weight is 267 g/mol. The Hall–Kier alpha value is -2.29. The van der Waals surface area contributed by atoms with Crippen LogP contribution in [0.1, 0.15) is 23.2 Å². The number of carbonyl (C=O) groups excluding carboxylic acids is 1. The summed E-state index contributed by atoms with van der Waals surface area (Å²) in [6.45, 7) is 1.71. The summed E-state index contributed by atoms with van der Waals surface area (Å²) >= 11 is 0. The molecule has 0 unspecified atom stereocenters. The molecule has 0 atom stereocenters. The van der Waals surface area contributed by atoms with Crippen LogP contribution >= 0.6 is 0 Å². The maximum Gasteiger partial charge on any atom is 0.253 e. The molecular weight excluding hydrogens is 250 g/mol. The molecule has 1 amide bonds. The van der Waals surface area contributed by atoms with E-state index in [1.54, 1.807) is 18.2 Å². The second kappa shape index (κ2) is 5.37.